The van der Waals surface area contributed by atoms with Gasteiger partial charge < -0.3 is 20.3 Å². The van der Waals surface area contributed by atoms with Crippen LogP contribution in [-0.4, -0.2) is 62.2 Å². The maximum atomic E-state index is 12.3. The van der Waals surface area contributed by atoms with Crippen LogP contribution in [0.1, 0.15) is 71.1 Å². The lowest BCUT2D eigenvalue weighted by Crippen LogP contribution is -2.44. The van der Waals surface area contributed by atoms with Gasteiger partial charge in [-0.25, -0.2) is 0 Å². The van der Waals surface area contributed by atoms with Crippen LogP contribution in [0.5, 0.6) is 0 Å². The minimum absolute atomic E-state index is 0. The first-order chi connectivity index (χ1) is 12.7. The van der Waals surface area contributed by atoms with Crippen molar-refractivity contribution in [3.63, 3.8) is 0 Å². The first-order valence-electron chi connectivity index (χ1n) is 10.6. The maximum Gasteiger partial charge on any atom is 0.224 e. The van der Waals surface area contributed by atoms with Crippen LogP contribution in [-0.2, 0) is 9.53 Å². The molecule has 6 nitrogen and oxygen atoms in total. The van der Waals surface area contributed by atoms with Gasteiger partial charge in [-0.05, 0) is 45.4 Å². The largest absolute Gasteiger partial charge is 0.378 e. The molecule has 1 saturated carbocycles. The molecular formula is C20H39IN4O2. The van der Waals surface area contributed by atoms with E-state index in [1.807, 2.05) is 4.90 Å². The molecule has 1 saturated heterocycles. The normalized spacial score (nSPS) is 21.5. The monoisotopic (exact) mass is 494 g/mol. The number of nitrogens with zero attached hydrogens (tertiary/aromatic N) is 2. The van der Waals surface area contributed by atoms with Crippen molar-refractivity contribution in [2.75, 3.05) is 33.3 Å². The van der Waals surface area contributed by atoms with Crippen molar-refractivity contribution in [2.24, 2.45) is 4.99 Å². The first-order valence-corrected chi connectivity index (χ1v) is 10.6. The van der Waals surface area contributed by atoms with E-state index in [0.717, 1.165) is 44.9 Å². The predicted octanol–water partition coefficient (Wildman–Crippen LogP) is 3.30. The average molecular weight is 494 g/mol. The van der Waals surface area contributed by atoms with Crippen molar-refractivity contribution >= 4 is 35.8 Å². The smallest absolute Gasteiger partial charge is 0.224 e. The van der Waals surface area contributed by atoms with Crippen LogP contribution in [0.3, 0.4) is 0 Å². The molecule has 2 aliphatic rings. The van der Waals surface area contributed by atoms with Gasteiger partial charge in [0.1, 0.15) is 0 Å². The molecule has 2 N–H and O–H groups in total. The number of nitrogens with one attached hydrogen (secondary N) is 2. The predicted molar refractivity (Wildman–Crippen MR) is 122 cm³/mol. The van der Waals surface area contributed by atoms with E-state index >= 15 is 0 Å². The molecule has 0 aromatic rings. The van der Waals surface area contributed by atoms with E-state index in [2.05, 4.69) is 22.5 Å². The molecule has 1 amide bonds. The Morgan fingerprint density at radius 3 is 2.48 bits per heavy atom. The highest BCUT2D eigenvalue weighted by molar-refractivity contribution is 14.0. The molecule has 1 aliphatic carbocycles. The van der Waals surface area contributed by atoms with Gasteiger partial charge >= 0.3 is 0 Å². The number of guanidine groups is 1. The summed E-state index contributed by atoms with van der Waals surface area (Å²) in [7, 11) is 1.77. The highest BCUT2D eigenvalue weighted by atomic mass is 127. The summed E-state index contributed by atoms with van der Waals surface area (Å²) >= 11 is 0. The summed E-state index contributed by atoms with van der Waals surface area (Å²) in [5, 5.41) is 6.55. The molecule has 2 fully saturated rings. The van der Waals surface area contributed by atoms with Gasteiger partial charge in [-0.15, -0.1) is 24.0 Å². The van der Waals surface area contributed by atoms with Crippen molar-refractivity contribution in [1.29, 1.82) is 0 Å². The second-order valence-corrected chi connectivity index (χ2v) is 7.59. The zero-order valence-corrected chi connectivity index (χ0v) is 19.5. The Labute approximate surface area is 182 Å². The van der Waals surface area contributed by atoms with Crippen LogP contribution in [0, 0.1) is 0 Å². The Bertz CT molecular complexity index is 442. The number of halogens is 1. The third-order valence-corrected chi connectivity index (χ3v) is 5.50. The van der Waals surface area contributed by atoms with E-state index in [4.69, 9.17) is 4.74 Å². The van der Waals surface area contributed by atoms with Crippen LogP contribution in [0.4, 0.5) is 0 Å². The number of aliphatic imine (C=N–C) groups is 1. The Morgan fingerprint density at radius 1 is 1.07 bits per heavy atom. The lowest BCUT2D eigenvalue weighted by Gasteiger charge is -2.33. The molecule has 0 aromatic heterocycles. The highest BCUT2D eigenvalue weighted by Gasteiger charge is 2.22. The van der Waals surface area contributed by atoms with Gasteiger partial charge in [0.05, 0.1) is 6.10 Å². The van der Waals surface area contributed by atoms with Gasteiger partial charge in [0.25, 0.3) is 0 Å². The van der Waals surface area contributed by atoms with Gasteiger partial charge in [0.15, 0.2) is 5.96 Å². The zero-order valence-electron chi connectivity index (χ0n) is 17.2. The SMILES string of the molecule is CN=C(NCCCOC1CCCCC1)NCCC(=O)N1CCCCC1C.I. The van der Waals surface area contributed by atoms with Gasteiger partial charge in [-0.1, -0.05) is 19.3 Å². The number of hydrogen-bond acceptors (Lipinski definition) is 3. The number of piperidine rings is 1. The fourth-order valence-electron chi connectivity index (χ4n) is 3.88. The molecule has 0 aromatic carbocycles. The summed E-state index contributed by atoms with van der Waals surface area (Å²) in [5.74, 6) is 1.02. The summed E-state index contributed by atoms with van der Waals surface area (Å²) < 4.78 is 5.94. The van der Waals surface area contributed by atoms with E-state index < -0.39 is 0 Å². The standard InChI is InChI=1S/C20H38N4O2.HI/c1-17-9-6-7-15-24(17)19(25)12-14-23-20(21-2)22-13-8-16-26-18-10-4-3-5-11-18;/h17-18H,3-16H2,1-2H3,(H2,21,22,23);1H. The van der Waals surface area contributed by atoms with Crippen molar-refractivity contribution < 1.29 is 9.53 Å². The Hall–Kier alpha value is -0.570. The van der Waals surface area contributed by atoms with Crippen LogP contribution < -0.4 is 10.6 Å². The van der Waals surface area contributed by atoms with Crippen LogP contribution in [0.2, 0.25) is 0 Å². The molecule has 2 rings (SSSR count). The van der Waals surface area contributed by atoms with Crippen LogP contribution in [0.15, 0.2) is 4.99 Å². The molecule has 27 heavy (non-hydrogen) atoms. The molecule has 1 unspecified atom stereocenters. The number of carbonyl (C=O) groups excluding carboxylic acids is 1. The maximum absolute atomic E-state index is 12.3. The minimum Gasteiger partial charge on any atom is -0.378 e. The van der Waals surface area contributed by atoms with Crippen molar-refractivity contribution in [2.45, 2.75) is 83.3 Å². The minimum atomic E-state index is 0. The van der Waals surface area contributed by atoms with Crippen LogP contribution in [0.25, 0.3) is 0 Å². The van der Waals surface area contributed by atoms with Gasteiger partial charge in [-0.3, -0.25) is 9.79 Å². The number of rotatable bonds is 8. The Balaban J connectivity index is 0.00000364. The number of ether oxygens (including phenoxy) is 1. The number of amides is 1. The summed E-state index contributed by atoms with van der Waals surface area (Å²) in [6, 6.07) is 0.387. The van der Waals surface area contributed by atoms with Crippen molar-refractivity contribution in [3.05, 3.63) is 0 Å². The lowest BCUT2D eigenvalue weighted by atomic mass is 9.98. The summed E-state index contributed by atoms with van der Waals surface area (Å²) in [5.41, 5.74) is 0. The second kappa shape index (κ2) is 14.4. The summed E-state index contributed by atoms with van der Waals surface area (Å²) in [6.45, 7) is 5.33. The third kappa shape index (κ3) is 9.45. The molecule has 1 heterocycles. The van der Waals surface area contributed by atoms with E-state index in [0.29, 0.717) is 25.1 Å². The van der Waals surface area contributed by atoms with Gasteiger partial charge in [-0.2, -0.15) is 0 Å². The van der Waals surface area contributed by atoms with Crippen molar-refractivity contribution in [3.8, 4) is 0 Å². The van der Waals surface area contributed by atoms with E-state index in [1.54, 1.807) is 7.05 Å². The molecule has 1 atom stereocenters. The molecular weight excluding hydrogens is 455 g/mol. The molecule has 1 aliphatic heterocycles. The molecule has 158 valence electrons. The molecule has 0 radical (unpaired) electrons. The number of likely N-dealkylation sites (tertiary alicyclic amines) is 1. The molecule has 0 bridgehead atoms. The quantitative estimate of drug-likeness (QED) is 0.235. The Morgan fingerprint density at radius 2 is 1.78 bits per heavy atom. The molecule has 7 heteroatoms. The highest BCUT2D eigenvalue weighted by Crippen LogP contribution is 2.20. The number of hydrogen-bond donors (Lipinski definition) is 2. The number of carbonyl (C=O) groups is 1. The topological polar surface area (TPSA) is 66.0 Å². The third-order valence-electron chi connectivity index (χ3n) is 5.50. The first kappa shape index (κ1) is 24.5. The van der Waals surface area contributed by atoms with Crippen molar-refractivity contribution in [1.82, 2.24) is 15.5 Å². The van der Waals surface area contributed by atoms with Crippen LogP contribution >= 0.6 is 24.0 Å². The zero-order chi connectivity index (χ0) is 18.6. The van der Waals surface area contributed by atoms with Gasteiger partial charge in [0.2, 0.25) is 5.91 Å². The molecule has 0 spiro atoms. The van der Waals surface area contributed by atoms with E-state index in [9.17, 15) is 4.79 Å². The average Bonchev–Trinajstić information content (AvgIpc) is 2.67. The summed E-state index contributed by atoms with van der Waals surface area (Å²) in [4.78, 5) is 18.6. The van der Waals surface area contributed by atoms with Gasteiger partial charge in [0, 0.05) is 45.8 Å². The fraction of sp³-hybridized carbons (Fsp3) is 0.900. The lowest BCUT2D eigenvalue weighted by molar-refractivity contribution is -0.134. The fourth-order valence-corrected chi connectivity index (χ4v) is 3.88. The summed E-state index contributed by atoms with van der Waals surface area (Å²) in [6.07, 6.45) is 11.9. The van der Waals surface area contributed by atoms with E-state index in [1.165, 1.54) is 38.5 Å². The Kier molecular flexibility index (Phi) is 13.1. The second-order valence-electron chi connectivity index (χ2n) is 7.59. The van der Waals surface area contributed by atoms with E-state index in [-0.39, 0.29) is 29.9 Å².